The summed E-state index contributed by atoms with van der Waals surface area (Å²) in [6.45, 7) is 3.96. The van der Waals surface area contributed by atoms with E-state index in [0.29, 0.717) is 17.1 Å². The van der Waals surface area contributed by atoms with Gasteiger partial charge >= 0.3 is 6.18 Å². The second-order valence-corrected chi connectivity index (χ2v) is 7.24. The number of halogens is 3. The normalized spacial score (nSPS) is 13.5. The second-order valence-electron chi connectivity index (χ2n) is 7.24. The topological polar surface area (TPSA) is 141 Å². The molecule has 0 saturated carbocycles. The van der Waals surface area contributed by atoms with Gasteiger partial charge in [0.2, 0.25) is 11.8 Å². The van der Waals surface area contributed by atoms with Crippen molar-refractivity contribution in [3.05, 3.63) is 72.6 Å². The number of rotatable bonds is 8. The van der Waals surface area contributed by atoms with Crippen molar-refractivity contribution in [2.24, 2.45) is 21.5 Å². The molecule has 1 unspecified atom stereocenters. The molecule has 0 amide bonds. The van der Waals surface area contributed by atoms with Crippen molar-refractivity contribution in [2.45, 2.75) is 19.2 Å². The molecule has 0 aliphatic carbocycles. The molecule has 1 atom stereocenters. The van der Waals surface area contributed by atoms with Gasteiger partial charge in [-0.05, 0) is 31.2 Å². The highest BCUT2D eigenvalue weighted by atomic mass is 19.4. The van der Waals surface area contributed by atoms with E-state index in [1.807, 2.05) is 30.3 Å². The van der Waals surface area contributed by atoms with Gasteiger partial charge in [-0.2, -0.15) is 28.1 Å². The summed E-state index contributed by atoms with van der Waals surface area (Å²) in [5, 5.41) is 3.76. The van der Waals surface area contributed by atoms with Gasteiger partial charge in [-0.25, -0.2) is 0 Å². The van der Waals surface area contributed by atoms with Gasteiger partial charge in [0.1, 0.15) is 12.4 Å². The van der Waals surface area contributed by atoms with Crippen LogP contribution in [0.2, 0.25) is 0 Å². The number of nitrogens with two attached hydrogens (primary N) is 2. The molecule has 1 aromatic carbocycles. The van der Waals surface area contributed by atoms with Crippen LogP contribution in [0.5, 0.6) is 0 Å². The minimum atomic E-state index is -4.42. The SMILES string of the molecule is C=C(N=C(N)N=C(N)c1noc(-c2ccc(C(C)OCC(F)(F)F)nc2)n1)N(C)c1ccccc1. The first-order chi connectivity index (χ1) is 16.5. The monoisotopic (exact) mass is 488 g/mol. The fraction of sp³-hybridized carbons (Fsp3) is 0.227. The highest BCUT2D eigenvalue weighted by Crippen LogP contribution is 2.23. The van der Waals surface area contributed by atoms with Crippen molar-refractivity contribution < 1.29 is 22.4 Å². The van der Waals surface area contributed by atoms with E-state index in [-0.39, 0.29) is 23.5 Å². The van der Waals surface area contributed by atoms with Crippen molar-refractivity contribution in [3.63, 3.8) is 0 Å². The maximum absolute atomic E-state index is 12.3. The standard InChI is InChI=1S/C22H23F3N8O2/c1-13(34-12-22(23,24)25)17-10-9-15(11-28-17)20-31-19(32-35-20)18(26)30-21(27)29-14(2)33(3)16-7-5-4-6-8-16/h4-11,13H,2,12H2,1,3H3,(H4,26,27,29,30). The average Bonchev–Trinajstić information content (AvgIpc) is 3.32. The Labute approximate surface area is 198 Å². The lowest BCUT2D eigenvalue weighted by Gasteiger charge is -2.18. The first-order valence-corrected chi connectivity index (χ1v) is 10.2. The molecule has 0 fully saturated rings. The minimum absolute atomic E-state index is 0.0360. The van der Waals surface area contributed by atoms with E-state index in [2.05, 4.69) is 31.7 Å². The van der Waals surface area contributed by atoms with Gasteiger partial charge in [0.05, 0.1) is 17.4 Å². The average molecular weight is 488 g/mol. The third kappa shape index (κ3) is 7.11. The summed E-state index contributed by atoms with van der Waals surface area (Å²) >= 11 is 0. The zero-order valence-corrected chi connectivity index (χ0v) is 18.9. The molecular weight excluding hydrogens is 465 g/mol. The number of alkyl halides is 3. The van der Waals surface area contributed by atoms with E-state index < -0.39 is 18.9 Å². The molecule has 184 valence electrons. The Kier molecular flexibility index (Phi) is 7.81. The zero-order chi connectivity index (χ0) is 25.6. The lowest BCUT2D eigenvalue weighted by molar-refractivity contribution is -0.184. The molecule has 3 rings (SSSR count). The number of benzene rings is 1. The fourth-order valence-corrected chi connectivity index (χ4v) is 2.73. The van der Waals surface area contributed by atoms with Gasteiger partial charge in [0, 0.05) is 18.9 Å². The van der Waals surface area contributed by atoms with Crippen molar-refractivity contribution in [1.82, 2.24) is 15.1 Å². The molecule has 4 N–H and O–H groups in total. The Morgan fingerprint density at radius 3 is 2.51 bits per heavy atom. The van der Waals surface area contributed by atoms with E-state index in [0.717, 1.165) is 5.69 Å². The predicted octanol–water partition coefficient (Wildman–Crippen LogP) is 3.40. The number of pyridine rings is 1. The lowest BCUT2D eigenvalue weighted by atomic mass is 10.2. The lowest BCUT2D eigenvalue weighted by Crippen LogP contribution is -2.22. The maximum atomic E-state index is 12.3. The van der Waals surface area contributed by atoms with Gasteiger partial charge in [-0.3, -0.25) is 4.98 Å². The second kappa shape index (κ2) is 10.8. The van der Waals surface area contributed by atoms with Gasteiger partial charge in [-0.15, -0.1) is 0 Å². The Morgan fingerprint density at radius 1 is 1.17 bits per heavy atom. The van der Waals surface area contributed by atoms with Crippen molar-refractivity contribution >= 4 is 17.5 Å². The van der Waals surface area contributed by atoms with Crippen LogP contribution >= 0.6 is 0 Å². The molecule has 0 spiro atoms. The molecule has 0 aliphatic heterocycles. The quantitative estimate of drug-likeness (QED) is 0.363. The number of guanidine groups is 1. The molecule has 0 radical (unpaired) electrons. The van der Waals surface area contributed by atoms with Crippen LogP contribution in [0.1, 0.15) is 24.5 Å². The molecule has 2 heterocycles. The summed E-state index contributed by atoms with van der Waals surface area (Å²) in [6, 6.07) is 12.5. The summed E-state index contributed by atoms with van der Waals surface area (Å²) < 4.78 is 46.9. The van der Waals surface area contributed by atoms with E-state index in [1.54, 1.807) is 18.0 Å². The van der Waals surface area contributed by atoms with E-state index >= 15 is 0 Å². The number of ether oxygens (including phenoxy) is 1. The zero-order valence-electron chi connectivity index (χ0n) is 18.9. The van der Waals surface area contributed by atoms with Crippen molar-refractivity contribution in [3.8, 4) is 11.5 Å². The molecular formula is C22H23F3N8O2. The van der Waals surface area contributed by atoms with E-state index in [4.69, 9.17) is 20.7 Å². The molecule has 0 aliphatic rings. The smallest absolute Gasteiger partial charge is 0.380 e. The van der Waals surface area contributed by atoms with Gasteiger partial charge in [0.15, 0.2) is 5.84 Å². The number of para-hydroxylation sites is 1. The van der Waals surface area contributed by atoms with Crippen LogP contribution in [0, 0.1) is 0 Å². The largest absolute Gasteiger partial charge is 0.411 e. The van der Waals surface area contributed by atoms with Crippen LogP contribution in [0.3, 0.4) is 0 Å². The van der Waals surface area contributed by atoms with Gasteiger partial charge in [0.25, 0.3) is 5.89 Å². The summed E-state index contributed by atoms with van der Waals surface area (Å²) in [7, 11) is 1.77. The van der Waals surface area contributed by atoms with Crippen molar-refractivity contribution in [2.75, 3.05) is 18.6 Å². The summed E-state index contributed by atoms with van der Waals surface area (Å²) in [5.41, 5.74) is 13.4. The molecule has 35 heavy (non-hydrogen) atoms. The number of hydrogen-bond acceptors (Lipinski definition) is 7. The fourth-order valence-electron chi connectivity index (χ4n) is 2.73. The first-order valence-electron chi connectivity index (χ1n) is 10.2. The maximum Gasteiger partial charge on any atom is 0.411 e. The van der Waals surface area contributed by atoms with E-state index in [9.17, 15) is 13.2 Å². The van der Waals surface area contributed by atoms with Crippen LogP contribution in [0.15, 0.2) is 75.6 Å². The first kappa shape index (κ1) is 25.4. The van der Waals surface area contributed by atoms with Gasteiger partial charge in [-0.1, -0.05) is 29.9 Å². The predicted molar refractivity (Wildman–Crippen MR) is 124 cm³/mol. The summed E-state index contributed by atoms with van der Waals surface area (Å²) in [4.78, 5) is 18.1. The number of amidine groups is 1. The minimum Gasteiger partial charge on any atom is -0.380 e. The number of nitrogens with zero attached hydrogens (tertiary/aromatic N) is 6. The summed E-state index contributed by atoms with van der Waals surface area (Å²) in [6.07, 6.45) is -3.91. The van der Waals surface area contributed by atoms with Gasteiger partial charge < -0.3 is 25.6 Å². The Hall–Kier alpha value is -4.26. The van der Waals surface area contributed by atoms with Crippen LogP contribution in [-0.2, 0) is 4.74 Å². The van der Waals surface area contributed by atoms with E-state index in [1.165, 1.54) is 19.2 Å². The van der Waals surface area contributed by atoms with Crippen LogP contribution < -0.4 is 16.4 Å². The Morgan fingerprint density at radius 2 is 1.89 bits per heavy atom. The number of hydrogen-bond donors (Lipinski definition) is 2. The number of aliphatic imine (C=N–C) groups is 2. The molecule has 13 heteroatoms. The van der Waals surface area contributed by atoms with Crippen LogP contribution in [0.4, 0.5) is 18.9 Å². The molecule has 2 aromatic heterocycles. The molecule has 10 nitrogen and oxygen atoms in total. The molecule has 0 bridgehead atoms. The summed E-state index contributed by atoms with van der Waals surface area (Å²) in [5.74, 6) is 0.0604. The number of aromatic nitrogens is 3. The van der Waals surface area contributed by atoms with Crippen LogP contribution in [-0.4, -0.2) is 46.8 Å². The molecule has 0 saturated heterocycles. The van der Waals surface area contributed by atoms with Crippen molar-refractivity contribution in [1.29, 1.82) is 0 Å². The third-order valence-electron chi connectivity index (χ3n) is 4.61. The highest BCUT2D eigenvalue weighted by molar-refractivity contribution is 6.02. The van der Waals surface area contributed by atoms with Crippen LogP contribution in [0.25, 0.3) is 11.5 Å². The highest BCUT2D eigenvalue weighted by Gasteiger charge is 2.29. The Balaban J connectivity index is 1.67. The molecule has 3 aromatic rings. The number of anilines is 1. The Bertz CT molecular complexity index is 1210. The third-order valence-corrected chi connectivity index (χ3v) is 4.61.